The highest BCUT2D eigenvalue weighted by Gasteiger charge is 2.19. The van der Waals surface area contributed by atoms with Crippen molar-refractivity contribution in [1.29, 1.82) is 0 Å². The van der Waals surface area contributed by atoms with Gasteiger partial charge >= 0.3 is 0 Å². The molecular formula is C15H22ClNO2. The Balaban J connectivity index is 1.99. The van der Waals surface area contributed by atoms with Crippen LogP contribution in [0.2, 0.25) is 5.02 Å². The van der Waals surface area contributed by atoms with Crippen molar-refractivity contribution in [2.24, 2.45) is 5.73 Å². The second kappa shape index (κ2) is 6.60. The van der Waals surface area contributed by atoms with Crippen molar-refractivity contribution < 1.29 is 9.47 Å². The van der Waals surface area contributed by atoms with Gasteiger partial charge in [-0.25, -0.2) is 0 Å². The van der Waals surface area contributed by atoms with Crippen molar-refractivity contribution in [3.63, 3.8) is 0 Å². The summed E-state index contributed by atoms with van der Waals surface area (Å²) in [6.45, 7) is 2.81. The highest BCUT2D eigenvalue weighted by atomic mass is 35.5. The lowest BCUT2D eigenvalue weighted by Crippen LogP contribution is -2.24. The Labute approximate surface area is 120 Å². The first-order chi connectivity index (χ1) is 9.10. The van der Waals surface area contributed by atoms with Crippen molar-refractivity contribution in [1.82, 2.24) is 0 Å². The van der Waals surface area contributed by atoms with E-state index in [1.54, 1.807) is 7.11 Å². The van der Waals surface area contributed by atoms with Crippen LogP contribution in [0.5, 0.6) is 5.75 Å². The Morgan fingerprint density at radius 2 is 2.21 bits per heavy atom. The summed E-state index contributed by atoms with van der Waals surface area (Å²) >= 11 is 6.15. The van der Waals surface area contributed by atoms with Gasteiger partial charge in [-0.2, -0.15) is 0 Å². The zero-order valence-corrected chi connectivity index (χ0v) is 12.4. The molecule has 0 fully saturated rings. The molecule has 2 atom stereocenters. The van der Waals surface area contributed by atoms with Gasteiger partial charge in [0, 0.05) is 24.6 Å². The first-order valence-corrected chi connectivity index (χ1v) is 7.20. The molecule has 0 saturated carbocycles. The molecule has 0 aliphatic carbocycles. The van der Waals surface area contributed by atoms with E-state index in [-0.39, 0.29) is 12.1 Å². The van der Waals surface area contributed by atoms with E-state index in [0.29, 0.717) is 0 Å². The molecule has 0 amide bonds. The van der Waals surface area contributed by atoms with Crippen LogP contribution < -0.4 is 10.5 Å². The molecule has 1 aromatic rings. The summed E-state index contributed by atoms with van der Waals surface area (Å²) in [5, 5.41) is 0.775. The van der Waals surface area contributed by atoms with Gasteiger partial charge in [0.05, 0.1) is 12.7 Å². The quantitative estimate of drug-likeness (QED) is 0.873. The molecule has 2 N–H and O–H groups in total. The molecule has 0 spiro atoms. The van der Waals surface area contributed by atoms with E-state index < -0.39 is 0 Å². The molecule has 1 heterocycles. The van der Waals surface area contributed by atoms with Crippen molar-refractivity contribution in [2.45, 2.75) is 44.8 Å². The number of fused-ring (bicyclic) bond motifs is 1. The monoisotopic (exact) mass is 283 g/mol. The molecule has 4 heteroatoms. The molecule has 0 bridgehead atoms. The fourth-order valence-electron chi connectivity index (χ4n) is 2.45. The van der Waals surface area contributed by atoms with E-state index in [1.165, 1.54) is 5.56 Å². The predicted octanol–water partition coefficient (Wildman–Crippen LogP) is 2.96. The SMILES string of the molecule is COC(C)CCC(N)Cc1cc(Cl)cc2c1OCC2. The topological polar surface area (TPSA) is 44.5 Å². The lowest BCUT2D eigenvalue weighted by molar-refractivity contribution is 0.107. The lowest BCUT2D eigenvalue weighted by atomic mass is 9.98. The highest BCUT2D eigenvalue weighted by molar-refractivity contribution is 6.30. The summed E-state index contributed by atoms with van der Waals surface area (Å²) in [5.74, 6) is 1.000. The number of ether oxygens (including phenoxy) is 2. The molecule has 2 unspecified atom stereocenters. The average Bonchev–Trinajstić information content (AvgIpc) is 2.84. The number of hydrogen-bond acceptors (Lipinski definition) is 3. The number of nitrogens with two attached hydrogens (primary N) is 1. The largest absolute Gasteiger partial charge is 0.493 e. The van der Waals surface area contributed by atoms with Crippen molar-refractivity contribution >= 4 is 11.6 Å². The molecule has 0 radical (unpaired) electrons. The van der Waals surface area contributed by atoms with E-state index in [0.717, 1.165) is 48.6 Å². The average molecular weight is 284 g/mol. The summed E-state index contributed by atoms with van der Waals surface area (Å²) in [6.07, 6.45) is 3.92. The fraction of sp³-hybridized carbons (Fsp3) is 0.600. The Hall–Kier alpha value is -0.770. The van der Waals surface area contributed by atoms with Crippen LogP contribution in [-0.4, -0.2) is 25.9 Å². The lowest BCUT2D eigenvalue weighted by Gasteiger charge is -2.16. The van der Waals surface area contributed by atoms with E-state index in [2.05, 4.69) is 6.92 Å². The van der Waals surface area contributed by atoms with Gasteiger partial charge in [-0.05, 0) is 49.4 Å². The number of hydrogen-bond donors (Lipinski definition) is 1. The van der Waals surface area contributed by atoms with Gasteiger partial charge < -0.3 is 15.2 Å². The first-order valence-electron chi connectivity index (χ1n) is 6.82. The van der Waals surface area contributed by atoms with Crippen molar-refractivity contribution in [2.75, 3.05) is 13.7 Å². The van der Waals surface area contributed by atoms with Gasteiger partial charge in [0.25, 0.3) is 0 Å². The minimum absolute atomic E-state index is 0.115. The maximum atomic E-state index is 6.20. The molecule has 1 aromatic carbocycles. The first kappa shape index (κ1) is 14.6. The van der Waals surface area contributed by atoms with Crippen LogP contribution in [0.1, 0.15) is 30.9 Å². The Morgan fingerprint density at radius 1 is 1.42 bits per heavy atom. The maximum absolute atomic E-state index is 6.20. The molecule has 0 saturated heterocycles. The molecule has 19 heavy (non-hydrogen) atoms. The van der Waals surface area contributed by atoms with E-state index in [4.69, 9.17) is 26.8 Å². The number of benzene rings is 1. The zero-order valence-electron chi connectivity index (χ0n) is 11.6. The van der Waals surface area contributed by atoms with Crippen LogP contribution in [0.25, 0.3) is 0 Å². The number of methoxy groups -OCH3 is 1. The molecule has 1 aliphatic heterocycles. The number of halogens is 1. The summed E-state index contributed by atoms with van der Waals surface area (Å²) in [4.78, 5) is 0. The van der Waals surface area contributed by atoms with Gasteiger partial charge in [0.15, 0.2) is 0 Å². The Kier molecular flexibility index (Phi) is 5.08. The van der Waals surface area contributed by atoms with Gasteiger partial charge in [0.2, 0.25) is 0 Å². The van der Waals surface area contributed by atoms with Crippen LogP contribution in [0.15, 0.2) is 12.1 Å². The summed E-state index contributed by atoms with van der Waals surface area (Å²) in [7, 11) is 1.73. The van der Waals surface area contributed by atoms with E-state index in [1.807, 2.05) is 12.1 Å². The third kappa shape index (κ3) is 3.85. The second-order valence-electron chi connectivity index (χ2n) is 5.24. The second-order valence-corrected chi connectivity index (χ2v) is 5.68. The molecule has 3 nitrogen and oxygen atoms in total. The standard InChI is InChI=1S/C15H22ClNO2/c1-10(18-2)3-4-14(17)9-12-8-13(16)7-11-5-6-19-15(11)12/h7-8,10,14H,3-6,9,17H2,1-2H3. The van der Waals surface area contributed by atoms with Crippen molar-refractivity contribution in [3.8, 4) is 5.75 Å². The fourth-order valence-corrected chi connectivity index (χ4v) is 2.71. The van der Waals surface area contributed by atoms with E-state index >= 15 is 0 Å². The van der Waals surface area contributed by atoms with Crippen LogP contribution >= 0.6 is 11.6 Å². The normalized spacial score (nSPS) is 16.8. The number of rotatable bonds is 6. The maximum Gasteiger partial charge on any atom is 0.125 e. The summed E-state index contributed by atoms with van der Waals surface area (Å²) in [5.41, 5.74) is 8.54. The van der Waals surface area contributed by atoms with Crippen LogP contribution in [-0.2, 0) is 17.6 Å². The zero-order chi connectivity index (χ0) is 13.8. The summed E-state index contributed by atoms with van der Waals surface area (Å²) < 4.78 is 10.9. The molecule has 0 aromatic heterocycles. The molecule has 106 valence electrons. The third-order valence-corrected chi connectivity index (χ3v) is 3.87. The van der Waals surface area contributed by atoms with Crippen LogP contribution in [0, 0.1) is 0 Å². The van der Waals surface area contributed by atoms with Gasteiger partial charge in [-0.15, -0.1) is 0 Å². The van der Waals surface area contributed by atoms with E-state index in [9.17, 15) is 0 Å². The van der Waals surface area contributed by atoms with Gasteiger partial charge in [-0.1, -0.05) is 11.6 Å². The summed E-state index contributed by atoms with van der Waals surface area (Å²) in [6, 6.07) is 4.08. The van der Waals surface area contributed by atoms with Crippen LogP contribution in [0.3, 0.4) is 0 Å². The molecular weight excluding hydrogens is 262 g/mol. The molecule has 1 aliphatic rings. The van der Waals surface area contributed by atoms with Crippen LogP contribution in [0.4, 0.5) is 0 Å². The molecule has 2 rings (SSSR count). The van der Waals surface area contributed by atoms with Gasteiger partial charge in [-0.3, -0.25) is 0 Å². The smallest absolute Gasteiger partial charge is 0.125 e. The predicted molar refractivity (Wildman–Crippen MR) is 78.0 cm³/mol. The third-order valence-electron chi connectivity index (χ3n) is 3.65. The Morgan fingerprint density at radius 3 is 2.95 bits per heavy atom. The highest BCUT2D eigenvalue weighted by Crippen LogP contribution is 2.33. The minimum Gasteiger partial charge on any atom is -0.493 e. The Bertz CT molecular complexity index is 436. The van der Waals surface area contributed by atoms with Crippen molar-refractivity contribution in [3.05, 3.63) is 28.3 Å². The minimum atomic E-state index is 0.115. The van der Waals surface area contributed by atoms with Gasteiger partial charge in [0.1, 0.15) is 5.75 Å².